The van der Waals surface area contributed by atoms with Crippen molar-refractivity contribution in [3.8, 4) is 5.75 Å². The van der Waals surface area contributed by atoms with E-state index in [1.165, 1.54) is 5.39 Å². The summed E-state index contributed by atoms with van der Waals surface area (Å²) in [4.78, 5) is 3.37. The third-order valence-electron chi connectivity index (χ3n) is 3.34. The van der Waals surface area contributed by atoms with Gasteiger partial charge in [-0.1, -0.05) is 12.1 Å². The van der Waals surface area contributed by atoms with Gasteiger partial charge in [-0.3, -0.25) is 0 Å². The largest absolute Gasteiger partial charge is 0.497 e. The van der Waals surface area contributed by atoms with Crippen LogP contribution in [0.2, 0.25) is 0 Å². The Bertz CT molecular complexity index is 731. The molecule has 0 saturated heterocycles. The van der Waals surface area contributed by atoms with E-state index in [-0.39, 0.29) is 0 Å². The molecule has 20 heavy (non-hydrogen) atoms. The summed E-state index contributed by atoms with van der Waals surface area (Å²) < 4.78 is 5.25. The van der Waals surface area contributed by atoms with Crippen LogP contribution in [0.15, 0.2) is 48.5 Å². The maximum atomic E-state index is 5.25. The monoisotopic (exact) mass is 265 g/mol. The van der Waals surface area contributed by atoms with Crippen LogP contribution in [0.4, 0.5) is 11.4 Å². The van der Waals surface area contributed by atoms with Crippen molar-refractivity contribution in [3.05, 3.63) is 61.1 Å². The number of H-pyrrole nitrogens is 1. The fourth-order valence-corrected chi connectivity index (χ4v) is 2.31. The molecular formula is C17H17N2O. The van der Waals surface area contributed by atoms with Gasteiger partial charge in [0.1, 0.15) is 5.75 Å². The molecule has 2 aromatic carbocycles. The zero-order valence-corrected chi connectivity index (χ0v) is 11.4. The lowest BCUT2D eigenvalue weighted by molar-refractivity contribution is 0.415. The average Bonchev–Trinajstić information content (AvgIpc) is 2.92. The summed E-state index contributed by atoms with van der Waals surface area (Å²) in [5.74, 6) is 0.842. The summed E-state index contributed by atoms with van der Waals surface area (Å²) in [6, 6.07) is 16.2. The molecule has 101 valence electrons. The number of fused-ring (bicyclic) bond motifs is 1. The van der Waals surface area contributed by atoms with Crippen LogP contribution in [0.5, 0.6) is 5.75 Å². The third kappa shape index (κ3) is 2.35. The van der Waals surface area contributed by atoms with Gasteiger partial charge in [0.2, 0.25) is 0 Å². The van der Waals surface area contributed by atoms with Crippen molar-refractivity contribution in [3.63, 3.8) is 0 Å². The molecule has 1 radical (unpaired) electrons. The van der Waals surface area contributed by atoms with Gasteiger partial charge in [-0.15, -0.1) is 0 Å². The van der Waals surface area contributed by atoms with Gasteiger partial charge in [0.05, 0.1) is 7.11 Å². The highest BCUT2D eigenvalue weighted by molar-refractivity contribution is 5.94. The molecule has 0 bridgehead atoms. The number of rotatable bonds is 4. The van der Waals surface area contributed by atoms with Crippen molar-refractivity contribution >= 4 is 22.3 Å². The molecule has 0 saturated carbocycles. The number of aromatic nitrogens is 1. The van der Waals surface area contributed by atoms with Crippen molar-refractivity contribution in [2.24, 2.45) is 0 Å². The number of ether oxygens (including phenoxy) is 1. The van der Waals surface area contributed by atoms with E-state index in [2.05, 4.69) is 35.4 Å². The first kappa shape index (κ1) is 12.6. The fourth-order valence-electron chi connectivity index (χ4n) is 2.31. The topological polar surface area (TPSA) is 37.0 Å². The molecule has 3 aromatic rings. The maximum Gasteiger partial charge on any atom is 0.120 e. The van der Waals surface area contributed by atoms with E-state index in [1.54, 1.807) is 7.11 Å². The molecule has 1 heterocycles. The molecule has 3 heteroatoms. The lowest BCUT2D eigenvalue weighted by Crippen LogP contribution is -1.91. The zero-order chi connectivity index (χ0) is 13.9. The molecule has 0 aliphatic heterocycles. The molecule has 0 atom stereocenters. The molecule has 0 aliphatic carbocycles. The predicted molar refractivity (Wildman–Crippen MR) is 83.6 cm³/mol. The number of methoxy groups -OCH3 is 1. The van der Waals surface area contributed by atoms with Crippen LogP contribution in [-0.2, 0) is 6.42 Å². The quantitative estimate of drug-likeness (QED) is 0.738. The van der Waals surface area contributed by atoms with E-state index in [0.29, 0.717) is 0 Å². The van der Waals surface area contributed by atoms with Gasteiger partial charge < -0.3 is 15.0 Å². The Hall–Kier alpha value is -2.42. The van der Waals surface area contributed by atoms with Crippen LogP contribution < -0.4 is 10.1 Å². The first-order chi connectivity index (χ1) is 9.80. The van der Waals surface area contributed by atoms with Crippen LogP contribution in [0, 0.1) is 6.92 Å². The summed E-state index contributed by atoms with van der Waals surface area (Å²) in [5.41, 5.74) is 4.34. The Morgan fingerprint density at radius 1 is 1.15 bits per heavy atom. The number of aromatic amines is 1. The Balaban J connectivity index is 1.99. The van der Waals surface area contributed by atoms with Gasteiger partial charge in [0, 0.05) is 34.0 Å². The molecule has 2 N–H and O–H groups in total. The minimum Gasteiger partial charge on any atom is -0.497 e. The minimum atomic E-state index is 0.757. The standard InChI is InChI=1S/C17H17N2O/c1-3-12-11-15-16(18-12)8-5-9-17(15)19-13-6-4-7-14(10-13)20-2/h4-11,18-19H,1,3H2,2H3. The number of benzene rings is 2. The van der Waals surface area contributed by atoms with E-state index in [9.17, 15) is 0 Å². The van der Waals surface area contributed by atoms with Crippen LogP contribution >= 0.6 is 0 Å². The Morgan fingerprint density at radius 3 is 2.80 bits per heavy atom. The number of anilines is 2. The van der Waals surface area contributed by atoms with E-state index in [1.807, 2.05) is 30.3 Å². The van der Waals surface area contributed by atoms with Crippen LogP contribution in [0.25, 0.3) is 10.9 Å². The number of hydrogen-bond acceptors (Lipinski definition) is 2. The number of hydrogen-bond donors (Lipinski definition) is 2. The zero-order valence-electron chi connectivity index (χ0n) is 11.4. The minimum absolute atomic E-state index is 0.757. The van der Waals surface area contributed by atoms with Gasteiger partial charge in [-0.05, 0) is 43.7 Å². The molecule has 0 spiro atoms. The Morgan fingerprint density at radius 2 is 2.00 bits per heavy atom. The second-order valence-electron chi connectivity index (χ2n) is 4.67. The van der Waals surface area contributed by atoms with Crippen molar-refractivity contribution in [2.45, 2.75) is 6.42 Å². The first-order valence-electron chi connectivity index (χ1n) is 6.61. The summed E-state index contributed by atoms with van der Waals surface area (Å²) in [7, 11) is 1.67. The number of nitrogens with one attached hydrogen (secondary N) is 2. The highest BCUT2D eigenvalue weighted by atomic mass is 16.5. The average molecular weight is 265 g/mol. The highest BCUT2D eigenvalue weighted by Gasteiger charge is 2.05. The van der Waals surface area contributed by atoms with Crippen molar-refractivity contribution < 1.29 is 4.74 Å². The molecule has 0 unspecified atom stereocenters. The van der Waals surface area contributed by atoms with Gasteiger partial charge >= 0.3 is 0 Å². The van der Waals surface area contributed by atoms with Gasteiger partial charge in [-0.25, -0.2) is 0 Å². The molecule has 3 rings (SSSR count). The molecule has 1 aromatic heterocycles. The third-order valence-corrected chi connectivity index (χ3v) is 3.34. The van der Waals surface area contributed by atoms with Crippen LogP contribution in [-0.4, -0.2) is 12.1 Å². The van der Waals surface area contributed by atoms with Crippen LogP contribution in [0.1, 0.15) is 5.69 Å². The summed E-state index contributed by atoms with van der Waals surface area (Å²) in [6.45, 7) is 3.92. The van der Waals surface area contributed by atoms with Gasteiger partial charge in [0.25, 0.3) is 0 Å². The summed E-state index contributed by atoms with van der Waals surface area (Å²) in [5, 5.41) is 4.61. The van der Waals surface area contributed by atoms with E-state index in [4.69, 9.17) is 4.74 Å². The van der Waals surface area contributed by atoms with Crippen molar-refractivity contribution in [1.82, 2.24) is 4.98 Å². The first-order valence-corrected chi connectivity index (χ1v) is 6.61. The highest BCUT2D eigenvalue weighted by Crippen LogP contribution is 2.28. The molecule has 0 fully saturated rings. The normalized spacial score (nSPS) is 10.7. The molecule has 0 aliphatic rings. The van der Waals surface area contributed by atoms with E-state index in [0.717, 1.165) is 34.8 Å². The SMILES string of the molecule is [CH2]Cc1cc2c(Nc3cccc(OC)c3)cccc2[nH]1. The maximum absolute atomic E-state index is 5.25. The van der Waals surface area contributed by atoms with Gasteiger partial charge in [0.15, 0.2) is 0 Å². The lowest BCUT2D eigenvalue weighted by Gasteiger charge is -2.09. The van der Waals surface area contributed by atoms with Crippen LogP contribution in [0.3, 0.4) is 0 Å². The molecular weight excluding hydrogens is 248 g/mol. The van der Waals surface area contributed by atoms with E-state index < -0.39 is 0 Å². The smallest absolute Gasteiger partial charge is 0.120 e. The second kappa shape index (κ2) is 5.29. The van der Waals surface area contributed by atoms with Crippen molar-refractivity contribution in [2.75, 3.05) is 12.4 Å². The second-order valence-corrected chi connectivity index (χ2v) is 4.67. The van der Waals surface area contributed by atoms with E-state index >= 15 is 0 Å². The van der Waals surface area contributed by atoms with Gasteiger partial charge in [-0.2, -0.15) is 0 Å². The molecule has 3 nitrogen and oxygen atoms in total. The lowest BCUT2D eigenvalue weighted by atomic mass is 10.2. The predicted octanol–water partition coefficient (Wildman–Crippen LogP) is 4.30. The van der Waals surface area contributed by atoms with Crippen molar-refractivity contribution in [1.29, 1.82) is 0 Å². The molecule has 0 amide bonds. The fraction of sp³-hybridized carbons (Fsp3) is 0.118. The summed E-state index contributed by atoms with van der Waals surface area (Å²) >= 11 is 0. The Kier molecular flexibility index (Phi) is 3.33. The summed E-state index contributed by atoms with van der Waals surface area (Å²) in [6.07, 6.45) is 0.757. The Labute approximate surface area is 118 Å².